The van der Waals surface area contributed by atoms with Gasteiger partial charge in [-0.1, -0.05) is 27.7 Å². The van der Waals surface area contributed by atoms with Crippen molar-refractivity contribution in [1.29, 1.82) is 0 Å². The van der Waals surface area contributed by atoms with Crippen LogP contribution in [0.2, 0.25) is 0 Å². The maximum atomic E-state index is 12.4. The monoisotopic (exact) mass is 341 g/mol. The van der Waals surface area contributed by atoms with Crippen LogP contribution in [0.15, 0.2) is 24.3 Å². The molecular formula is C17H28ClN3O2. The average Bonchev–Trinajstić information content (AvgIpc) is 2.46. The molecule has 5 nitrogen and oxygen atoms in total. The maximum absolute atomic E-state index is 12.4. The number of carbonyl (C=O) groups excluding carboxylic acids is 2. The number of carbonyl (C=O) groups is 2. The lowest BCUT2D eigenvalue weighted by molar-refractivity contribution is -0.118. The number of benzene rings is 1. The average molecular weight is 342 g/mol. The third kappa shape index (κ3) is 6.59. The van der Waals surface area contributed by atoms with Crippen LogP contribution in [0, 0.1) is 11.3 Å². The molecule has 0 aromatic heterocycles. The Kier molecular flexibility index (Phi) is 8.28. The zero-order valence-electron chi connectivity index (χ0n) is 14.6. The molecule has 0 aliphatic rings. The van der Waals surface area contributed by atoms with Crippen molar-refractivity contribution in [3.8, 4) is 0 Å². The zero-order valence-corrected chi connectivity index (χ0v) is 15.4. The number of hydrogen-bond donors (Lipinski definition) is 2. The fourth-order valence-electron chi connectivity index (χ4n) is 1.98. The number of halogens is 1. The molecule has 0 heterocycles. The molecule has 0 unspecified atom stereocenters. The summed E-state index contributed by atoms with van der Waals surface area (Å²) in [5, 5.41) is 2.80. The molecule has 1 aromatic rings. The van der Waals surface area contributed by atoms with Crippen LogP contribution >= 0.6 is 12.4 Å². The van der Waals surface area contributed by atoms with Crippen molar-refractivity contribution in [2.45, 2.75) is 27.7 Å². The number of anilines is 1. The van der Waals surface area contributed by atoms with Gasteiger partial charge < -0.3 is 16.0 Å². The van der Waals surface area contributed by atoms with E-state index in [4.69, 9.17) is 5.73 Å². The first kappa shape index (κ1) is 21.4. The predicted molar refractivity (Wildman–Crippen MR) is 97.0 cm³/mol. The summed E-state index contributed by atoms with van der Waals surface area (Å²) in [6.45, 7) is 8.84. The summed E-state index contributed by atoms with van der Waals surface area (Å²) >= 11 is 0. The molecule has 0 spiro atoms. The number of rotatable bonds is 6. The van der Waals surface area contributed by atoms with Gasteiger partial charge in [-0.15, -0.1) is 12.4 Å². The van der Waals surface area contributed by atoms with Crippen molar-refractivity contribution in [3.05, 3.63) is 29.8 Å². The quantitative estimate of drug-likeness (QED) is 0.835. The summed E-state index contributed by atoms with van der Waals surface area (Å²) in [5.41, 5.74) is 6.88. The van der Waals surface area contributed by atoms with Gasteiger partial charge in [0.15, 0.2) is 0 Å². The van der Waals surface area contributed by atoms with E-state index in [1.807, 2.05) is 27.7 Å². The Morgan fingerprint density at radius 1 is 1.22 bits per heavy atom. The summed E-state index contributed by atoms with van der Waals surface area (Å²) in [6, 6.07) is 6.94. The molecule has 0 fully saturated rings. The van der Waals surface area contributed by atoms with Gasteiger partial charge in [-0.3, -0.25) is 9.59 Å². The molecule has 0 saturated heterocycles. The highest BCUT2D eigenvalue weighted by Crippen LogP contribution is 2.17. The van der Waals surface area contributed by atoms with E-state index >= 15 is 0 Å². The molecule has 0 bridgehead atoms. The molecule has 0 radical (unpaired) electrons. The largest absolute Gasteiger partial charge is 0.341 e. The normalized spacial score (nSPS) is 10.9. The topological polar surface area (TPSA) is 75.4 Å². The highest BCUT2D eigenvalue weighted by Gasteiger charge is 2.21. The van der Waals surface area contributed by atoms with Gasteiger partial charge in [0.25, 0.3) is 5.91 Å². The lowest BCUT2D eigenvalue weighted by atomic mass is 9.93. The number of hydrogen-bond acceptors (Lipinski definition) is 3. The molecular weight excluding hydrogens is 314 g/mol. The van der Waals surface area contributed by atoms with E-state index in [-0.39, 0.29) is 35.6 Å². The van der Waals surface area contributed by atoms with Crippen LogP contribution in [0.3, 0.4) is 0 Å². The van der Waals surface area contributed by atoms with Crippen LogP contribution in [-0.2, 0) is 4.79 Å². The first-order valence-corrected chi connectivity index (χ1v) is 7.53. The van der Waals surface area contributed by atoms with Crippen LogP contribution in [-0.4, -0.2) is 36.9 Å². The molecule has 1 aromatic carbocycles. The number of nitrogens with one attached hydrogen (secondary N) is 1. The molecule has 0 saturated carbocycles. The Morgan fingerprint density at radius 3 is 2.17 bits per heavy atom. The fraction of sp³-hybridized carbons (Fsp3) is 0.529. The van der Waals surface area contributed by atoms with Crippen LogP contribution in [0.1, 0.15) is 38.1 Å². The van der Waals surface area contributed by atoms with E-state index in [1.54, 1.807) is 36.2 Å². The minimum Gasteiger partial charge on any atom is -0.341 e. The van der Waals surface area contributed by atoms with Gasteiger partial charge in [-0.25, -0.2) is 0 Å². The van der Waals surface area contributed by atoms with Gasteiger partial charge in [0.05, 0.1) is 0 Å². The fourth-order valence-corrected chi connectivity index (χ4v) is 1.98. The van der Waals surface area contributed by atoms with Crippen molar-refractivity contribution in [2.75, 3.05) is 25.5 Å². The molecule has 1 rings (SSSR count). The summed E-state index contributed by atoms with van der Waals surface area (Å²) in [6.07, 6.45) is 0. The van der Waals surface area contributed by atoms with Gasteiger partial charge >= 0.3 is 0 Å². The Morgan fingerprint density at radius 2 is 1.74 bits per heavy atom. The van der Waals surface area contributed by atoms with Crippen LogP contribution in [0.4, 0.5) is 5.69 Å². The second-order valence-corrected chi connectivity index (χ2v) is 6.75. The van der Waals surface area contributed by atoms with E-state index < -0.39 is 0 Å². The van der Waals surface area contributed by atoms with E-state index in [9.17, 15) is 9.59 Å². The van der Waals surface area contributed by atoms with E-state index in [2.05, 4.69) is 5.32 Å². The first-order chi connectivity index (χ1) is 10.2. The highest BCUT2D eigenvalue weighted by molar-refractivity contribution is 5.96. The van der Waals surface area contributed by atoms with Crippen molar-refractivity contribution in [3.63, 3.8) is 0 Å². The molecule has 3 N–H and O–H groups in total. The maximum Gasteiger partial charge on any atom is 0.253 e. The third-order valence-electron chi connectivity index (χ3n) is 3.49. The SMILES string of the molecule is CC(C)C(=O)Nc1ccc(C(=O)N(C)CC(C)(C)CN)cc1.Cl. The van der Waals surface area contributed by atoms with Crippen molar-refractivity contribution >= 4 is 29.9 Å². The van der Waals surface area contributed by atoms with Crippen LogP contribution < -0.4 is 11.1 Å². The first-order valence-electron chi connectivity index (χ1n) is 7.53. The number of amides is 2. The summed E-state index contributed by atoms with van der Waals surface area (Å²) in [7, 11) is 1.77. The predicted octanol–water partition coefficient (Wildman–Crippen LogP) is 2.76. The molecule has 2 amide bonds. The van der Waals surface area contributed by atoms with Crippen LogP contribution in [0.25, 0.3) is 0 Å². The van der Waals surface area contributed by atoms with E-state index in [1.165, 1.54) is 0 Å². The Hall–Kier alpha value is -1.59. The molecule has 0 aliphatic carbocycles. The summed E-state index contributed by atoms with van der Waals surface area (Å²) in [5.74, 6) is -0.171. The summed E-state index contributed by atoms with van der Waals surface area (Å²) in [4.78, 5) is 25.7. The minimum absolute atomic E-state index is 0. The Labute approximate surface area is 145 Å². The van der Waals surface area contributed by atoms with Crippen LogP contribution in [0.5, 0.6) is 0 Å². The third-order valence-corrected chi connectivity index (χ3v) is 3.49. The van der Waals surface area contributed by atoms with Gasteiger partial charge in [0.2, 0.25) is 5.91 Å². The van der Waals surface area contributed by atoms with E-state index in [0.717, 1.165) is 0 Å². The molecule has 0 aliphatic heterocycles. The van der Waals surface area contributed by atoms with Gasteiger partial charge in [0.1, 0.15) is 0 Å². The Balaban J connectivity index is 0.00000484. The molecule has 0 atom stereocenters. The smallest absolute Gasteiger partial charge is 0.253 e. The lowest BCUT2D eigenvalue weighted by Gasteiger charge is -2.29. The van der Waals surface area contributed by atoms with Gasteiger partial charge in [0, 0.05) is 30.8 Å². The second-order valence-electron chi connectivity index (χ2n) is 6.75. The van der Waals surface area contributed by atoms with Crippen molar-refractivity contribution in [1.82, 2.24) is 4.90 Å². The van der Waals surface area contributed by atoms with Crippen molar-refractivity contribution < 1.29 is 9.59 Å². The van der Waals surface area contributed by atoms with Crippen molar-refractivity contribution in [2.24, 2.45) is 17.1 Å². The highest BCUT2D eigenvalue weighted by atomic mass is 35.5. The second kappa shape index (κ2) is 8.89. The van der Waals surface area contributed by atoms with Gasteiger partial charge in [-0.2, -0.15) is 0 Å². The zero-order chi connectivity index (χ0) is 16.9. The van der Waals surface area contributed by atoms with E-state index in [0.29, 0.717) is 24.3 Å². The molecule has 6 heteroatoms. The number of nitrogens with two attached hydrogens (primary N) is 1. The molecule has 130 valence electrons. The van der Waals surface area contributed by atoms with Gasteiger partial charge in [-0.05, 0) is 36.2 Å². The Bertz CT molecular complexity index is 527. The lowest BCUT2D eigenvalue weighted by Crippen LogP contribution is -2.39. The minimum atomic E-state index is -0.115. The summed E-state index contributed by atoms with van der Waals surface area (Å²) < 4.78 is 0. The standard InChI is InChI=1S/C17H27N3O2.ClH/c1-12(2)15(21)19-14-8-6-13(7-9-14)16(22)20(5)11-17(3,4)10-18;/h6-9,12H,10-11,18H2,1-5H3,(H,19,21);1H. The number of nitrogens with zero attached hydrogens (tertiary/aromatic N) is 1. The molecule has 23 heavy (non-hydrogen) atoms.